The van der Waals surface area contributed by atoms with Crippen LogP contribution in [-0.2, 0) is 6.61 Å². The SMILES string of the molecule is NC(=O)c1ccc(COc2c(Cl)cc(Cl)cc2Cl)c(N)c1. The summed E-state index contributed by atoms with van der Waals surface area (Å²) in [6.45, 7) is 0.145. The molecule has 0 atom stereocenters. The molecule has 0 bridgehead atoms. The average Bonchev–Trinajstić information content (AvgIpc) is 2.38. The number of nitrogens with two attached hydrogens (primary N) is 2. The van der Waals surface area contributed by atoms with E-state index in [0.29, 0.717) is 37.6 Å². The summed E-state index contributed by atoms with van der Waals surface area (Å²) in [6, 6.07) is 7.79. The summed E-state index contributed by atoms with van der Waals surface area (Å²) < 4.78 is 5.57. The van der Waals surface area contributed by atoms with Gasteiger partial charge in [-0.05, 0) is 24.3 Å². The maximum Gasteiger partial charge on any atom is 0.248 e. The van der Waals surface area contributed by atoms with Crippen LogP contribution in [0.1, 0.15) is 15.9 Å². The Kier molecular flexibility index (Phi) is 4.83. The van der Waals surface area contributed by atoms with E-state index in [0.717, 1.165) is 0 Å². The summed E-state index contributed by atoms with van der Waals surface area (Å²) >= 11 is 17.9. The van der Waals surface area contributed by atoms with E-state index in [-0.39, 0.29) is 6.61 Å². The molecule has 7 heteroatoms. The molecule has 0 unspecified atom stereocenters. The van der Waals surface area contributed by atoms with Crippen LogP contribution in [0.3, 0.4) is 0 Å². The minimum absolute atomic E-state index is 0.145. The Morgan fingerprint density at radius 2 is 1.71 bits per heavy atom. The highest BCUT2D eigenvalue weighted by Crippen LogP contribution is 2.36. The molecule has 0 heterocycles. The molecule has 0 spiro atoms. The summed E-state index contributed by atoms with van der Waals surface area (Å²) in [5, 5.41) is 1.03. The molecule has 0 aliphatic carbocycles. The maximum atomic E-state index is 11.1. The molecule has 0 aliphatic rings. The lowest BCUT2D eigenvalue weighted by Crippen LogP contribution is -2.12. The van der Waals surface area contributed by atoms with Crippen LogP contribution >= 0.6 is 34.8 Å². The van der Waals surface area contributed by atoms with Crippen LogP contribution in [0.25, 0.3) is 0 Å². The van der Waals surface area contributed by atoms with Gasteiger partial charge in [-0.15, -0.1) is 0 Å². The molecular weight excluding hydrogens is 335 g/mol. The second-order valence-electron chi connectivity index (χ2n) is 4.27. The van der Waals surface area contributed by atoms with Gasteiger partial charge in [-0.1, -0.05) is 40.9 Å². The smallest absolute Gasteiger partial charge is 0.248 e. The first-order valence-electron chi connectivity index (χ1n) is 5.84. The summed E-state index contributed by atoms with van der Waals surface area (Å²) in [5.74, 6) is -0.223. The van der Waals surface area contributed by atoms with Crippen LogP contribution < -0.4 is 16.2 Å². The number of rotatable bonds is 4. The number of halogens is 3. The van der Waals surface area contributed by atoms with Crippen molar-refractivity contribution in [3.63, 3.8) is 0 Å². The molecular formula is C14H11Cl3N2O2. The topological polar surface area (TPSA) is 78.3 Å². The summed E-state index contributed by atoms with van der Waals surface area (Å²) in [7, 11) is 0. The van der Waals surface area contributed by atoms with E-state index in [9.17, 15) is 4.79 Å². The van der Waals surface area contributed by atoms with E-state index < -0.39 is 5.91 Å². The normalized spacial score (nSPS) is 10.4. The predicted molar refractivity (Wildman–Crippen MR) is 85.2 cm³/mol. The van der Waals surface area contributed by atoms with Gasteiger partial charge in [-0.3, -0.25) is 4.79 Å². The van der Waals surface area contributed by atoms with Crippen LogP contribution in [0.15, 0.2) is 30.3 Å². The average molecular weight is 346 g/mol. The van der Waals surface area contributed by atoms with E-state index in [1.165, 1.54) is 18.2 Å². The fourth-order valence-corrected chi connectivity index (χ4v) is 2.62. The number of primary amides is 1. The highest BCUT2D eigenvalue weighted by atomic mass is 35.5. The van der Waals surface area contributed by atoms with Gasteiger partial charge in [0, 0.05) is 21.8 Å². The van der Waals surface area contributed by atoms with Gasteiger partial charge in [0.2, 0.25) is 5.91 Å². The van der Waals surface area contributed by atoms with Gasteiger partial charge in [-0.2, -0.15) is 0 Å². The number of ether oxygens (including phenoxy) is 1. The first kappa shape index (κ1) is 15.8. The molecule has 0 aliphatic heterocycles. The van der Waals surface area contributed by atoms with Gasteiger partial charge in [0.1, 0.15) is 6.61 Å². The number of amides is 1. The minimum atomic E-state index is -0.544. The van der Waals surface area contributed by atoms with E-state index in [1.54, 1.807) is 12.1 Å². The Balaban J connectivity index is 2.19. The van der Waals surface area contributed by atoms with Gasteiger partial charge in [-0.25, -0.2) is 0 Å². The maximum absolute atomic E-state index is 11.1. The monoisotopic (exact) mass is 344 g/mol. The van der Waals surface area contributed by atoms with Crippen molar-refractivity contribution < 1.29 is 9.53 Å². The second-order valence-corrected chi connectivity index (χ2v) is 5.52. The van der Waals surface area contributed by atoms with E-state index >= 15 is 0 Å². The number of benzene rings is 2. The van der Waals surface area contributed by atoms with Crippen LogP contribution in [0.2, 0.25) is 15.1 Å². The number of carbonyl (C=O) groups excluding carboxylic acids is 1. The van der Waals surface area contributed by atoms with E-state index in [1.807, 2.05) is 0 Å². The van der Waals surface area contributed by atoms with Crippen molar-refractivity contribution in [1.29, 1.82) is 0 Å². The van der Waals surface area contributed by atoms with Crippen molar-refractivity contribution in [2.24, 2.45) is 5.73 Å². The Morgan fingerprint density at radius 1 is 1.10 bits per heavy atom. The zero-order chi connectivity index (χ0) is 15.6. The number of hydrogen-bond donors (Lipinski definition) is 2. The number of anilines is 1. The van der Waals surface area contributed by atoms with Gasteiger partial charge in [0.15, 0.2) is 5.75 Å². The fraction of sp³-hybridized carbons (Fsp3) is 0.0714. The Bertz CT molecular complexity index is 682. The number of nitrogen functional groups attached to an aromatic ring is 1. The van der Waals surface area contributed by atoms with Gasteiger partial charge < -0.3 is 16.2 Å². The third-order valence-electron chi connectivity index (χ3n) is 2.77. The summed E-state index contributed by atoms with van der Waals surface area (Å²) in [6.07, 6.45) is 0. The molecule has 4 nitrogen and oxygen atoms in total. The van der Waals surface area contributed by atoms with E-state index in [4.69, 9.17) is 51.0 Å². The Morgan fingerprint density at radius 3 is 2.24 bits per heavy atom. The van der Waals surface area contributed by atoms with Crippen molar-refractivity contribution in [1.82, 2.24) is 0 Å². The lowest BCUT2D eigenvalue weighted by atomic mass is 10.1. The van der Waals surface area contributed by atoms with Crippen LogP contribution in [0, 0.1) is 0 Å². The van der Waals surface area contributed by atoms with Crippen LogP contribution in [-0.4, -0.2) is 5.91 Å². The fourth-order valence-electron chi connectivity index (χ4n) is 1.70. The van der Waals surface area contributed by atoms with Crippen LogP contribution in [0.4, 0.5) is 5.69 Å². The minimum Gasteiger partial charge on any atom is -0.486 e. The van der Waals surface area contributed by atoms with E-state index in [2.05, 4.69) is 0 Å². The molecule has 2 aromatic rings. The first-order valence-corrected chi connectivity index (χ1v) is 6.97. The van der Waals surface area contributed by atoms with Crippen molar-refractivity contribution >= 4 is 46.4 Å². The quantitative estimate of drug-likeness (QED) is 0.825. The summed E-state index contributed by atoms with van der Waals surface area (Å²) in [4.78, 5) is 11.1. The first-order chi connectivity index (χ1) is 9.88. The largest absolute Gasteiger partial charge is 0.486 e. The molecule has 0 saturated heterocycles. The van der Waals surface area contributed by atoms with Gasteiger partial charge in [0.05, 0.1) is 10.0 Å². The molecule has 0 saturated carbocycles. The lowest BCUT2D eigenvalue weighted by molar-refractivity contribution is 0.100. The molecule has 2 rings (SSSR count). The molecule has 0 fully saturated rings. The second kappa shape index (κ2) is 6.43. The van der Waals surface area contributed by atoms with Crippen molar-refractivity contribution in [3.05, 3.63) is 56.5 Å². The highest BCUT2D eigenvalue weighted by Gasteiger charge is 2.11. The predicted octanol–water partition coefficient (Wildman–Crippen LogP) is 3.91. The lowest BCUT2D eigenvalue weighted by Gasteiger charge is -2.12. The Labute approximate surface area is 136 Å². The third kappa shape index (κ3) is 3.73. The van der Waals surface area contributed by atoms with Gasteiger partial charge in [0.25, 0.3) is 0 Å². The Hall–Kier alpha value is -1.62. The van der Waals surface area contributed by atoms with Gasteiger partial charge >= 0.3 is 0 Å². The van der Waals surface area contributed by atoms with Crippen molar-refractivity contribution in [2.45, 2.75) is 6.61 Å². The summed E-state index contributed by atoms with van der Waals surface area (Å²) in [5.41, 5.74) is 12.4. The van der Waals surface area contributed by atoms with Crippen molar-refractivity contribution in [3.8, 4) is 5.75 Å². The van der Waals surface area contributed by atoms with Crippen molar-refractivity contribution in [2.75, 3.05) is 5.73 Å². The molecule has 0 radical (unpaired) electrons. The molecule has 2 aromatic carbocycles. The molecule has 4 N–H and O–H groups in total. The molecule has 1 amide bonds. The number of hydrogen-bond acceptors (Lipinski definition) is 3. The zero-order valence-corrected chi connectivity index (χ0v) is 13.0. The standard InChI is InChI=1S/C14H11Cl3N2O2/c15-9-4-10(16)13(11(17)5-9)21-6-8-2-1-7(14(19)20)3-12(8)18/h1-5H,6,18H2,(H2,19,20). The zero-order valence-electron chi connectivity index (χ0n) is 10.7. The number of carbonyl (C=O) groups is 1. The third-order valence-corrected chi connectivity index (χ3v) is 3.55. The molecule has 0 aromatic heterocycles. The highest BCUT2D eigenvalue weighted by molar-refractivity contribution is 6.40. The van der Waals surface area contributed by atoms with Crippen LogP contribution in [0.5, 0.6) is 5.75 Å². The molecule has 21 heavy (non-hydrogen) atoms. The molecule has 110 valence electrons.